The van der Waals surface area contributed by atoms with Gasteiger partial charge in [-0.25, -0.2) is 4.39 Å². The van der Waals surface area contributed by atoms with Crippen molar-refractivity contribution in [1.82, 2.24) is 9.78 Å². The SMILES string of the molecule is CCn1nc(C)cc1CC(CO)c1ccc(F)cc1. The van der Waals surface area contributed by atoms with Crippen molar-refractivity contribution >= 4 is 0 Å². The van der Waals surface area contributed by atoms with E-state index >= 15 is 0 Å². The molecule has 0 aliphatic rings. The predicted molar refractivity (Wildman–Crippen MR) is 72.6 cm³/mol. The van der Waals surface area contributed by atoms with Gasteiger partial charge in [0.25, 0.3) is 0 Å². The Balaban J connectivity index is 2.21. The molecule has 1 atom stereocenters. The van der Waals surface area contributed by atoms with Crippen LogP contribution in [0.25, 0.3) is 0 Å². The monoisotopic (exact) mass is 262 g/mol. The Morgan fingerprint density at radius 1 is 1.32 bits per heavy atom. The van der Waals surface area contributed by atoms with Crippen LogP contribution in [0.3, 0.4) is 0 Å². The minimum Gasteiger partial charge on any atom is -0.396 e. The summed E-state index contributed by atoms with van der Waals surface area (Å²) >= 11 is 0. The number of hydrogen-bond acceptors (Lipinski definition) is 2. The molecule has 1 unspecified atom stereocenters. The first-order valence-corrected chi connectivity index (χ1v) is 6.53. The van der Waals surface area contributed by atoms with Crippen molar-refractivity contribution in [2.75, 3.05) is 6.61 Å². The van der Waals surface area contributed by atoms with Gasteiger partial charge < -0.3 is 5.11 Å². The van der Waals surface area contributed by atoms with Gasteiger partial charge in [-0.1, -0.05) is 12.1 Å². The van der Waals surface area contributed by atoms with Crippen molar-refractivity contribution in [1.29, 1.82) is 0 Å². The molecule has 2 rings (SSSR count). The molecule has 4 heteroatoms. The number of aromatic nitrogens is 2. The van der Waals surface area contributed by atoms with E-state index in [1.165, 1.54) is 12.1 Å². The van der Waals surface area contributed by atoms with Crippen LogP contribution in [0, 0.1) is 12.7 Å². The molecule has 0 spiro atoms. The number of nitrogens with zero attached hydrogens (tertiary/aromatic N) is 2. The van der Waals surface area contributed by atoms with Crippen molar-refractivity contribution in [3.8, 4) is 0 Å². The molecule has 0 aliphatic heterocycles. The maximum atomic E-state index is 12.9. The zero-order chi connectivity index (χ0) is 13.8. The van der Waals surface area contributed by atoms with E-state index in [1.807, 2.05) is 24.6 Å². The van der Waals surface area contributed by atoms with Gasteiger partial charge in [0.2, 0.25) is 0 Å². The molecular weight excluding hydrogens is 243 g/mol. The minimum absolute atomic E-state index is 0.0259. The van der Waals surface area contributed by atoms with Crippen LogP contribution in [0.4, 0.5) is 4.39 Å². The first kappa shape index (κ1) is 13.7. The third-order valence-electron chi connectivity index (χ3n) is 3.30. The highest BCUT2D eigenvalue weighted by atomic mass is 19.1. The quantitative estimate of drug-likeness (QED) is 0.899. The summed E-state index contributed by atoms with van der Waals surface area (Å²) in [4.78, 5) is 0. The van der Waals surface area contributed by atoms with Crippen molar-refractivity contribution in [2.45, 2.75) is 32.7 Å². The second-order valence-corrected chi connectivity index (χ2v) is 4.73. The van der Waals surface area contributed by atoms with Gasteiger partial charge in [-0.2, -0.15) is 5.10 Å². The molecule has 0 saturated heterocycles. The molecule has 0 bridgehead atoms. The summed E-state index contributed by atoms with van der Waals surface area (Å²) in [6.45, 7) is 4.85. The summed E-state index contributed by atoms with van der Waals surface area (Å²) in [6, 6.07) is 8.36. The molecule has 0 radical (unpaired) electrons. The normalized spacial score (nSPS) is 12.6. The van der Waals surface area contributed by atoms with Gasteiger partial charge in [-0.15, -0.1) is 0 Å². The largest absolute Gasteiger partial charge is 0.396 e. The zero-order valence-corrected chi connectivity index (χ0v) is 11.3. The Morgan fingerprint density at radius 3 is 2.58 bits per heavy atom. The lowest BCUT2D eigenvalue weighted by Crippen LogP contribution is -2.12. The van der Waals surface area contributed by atoms with E-state index in [0.717, 1.165) is 23.5 Å². The Labute approximate surface area is 112 Å². The minimum atomic E-state index is -0.255. The van der Waals surface area contributed by atoms with Crippen molar-refractivity contribution in [3.05, 3.63) is 53.1 Å². The molecule has 102 valence electrons. The van der Waals surface area contributed by atoms with E-state index in [-0.39, 0.29) is 18.3 Å². The van der Waals surface area contributed by atoms with Gasteiger partial charge in [-0.3, -0.25) is 4.68 Å². The fraction of sp³-hybridized carbons (Fsp3) is 0.400. The van der Waals surface area contributed by atoms with E-state index in [4.69, 9.17) is 0 Å². The second kappa shape index (κ2) is 5.97. The van der Waals surface area contributed by atoms with E-state index in [0.29, 0.717) is 6.42 Å². The number of aryl methyl sites for hydroxylation is 2. The topological polar surface area (TPSA) is 38.0 Å². The number of hydrogen-bond donors (Lipinski definition) is 1. The van der Waals surface area contributed by atoms with Gasteiger partial charge in [0, 0.05) is 18.2 Å². The molecule has 0 saturated carbocycles. The third-order valence-corrected chi connectivity index (χ3v) is 3.30. The van der Waals surface area contributed by atoms with E-state index in [9.17, 15) is 9.50 Å². The maximum Gasteiger partial charge on any atom is 0.123 e. The van der Waals surface area contributed by atoms with E-state index < -0.39 is 0 Å². The van der Waals surface area contributed by atoms with Crippen LogP contribution in [0.1, 0.15) is 29.8 Å². The van der Waals surface area contributed by atoms with Crippen molar-refractivity contribution < 1.29 is 9.50 Å². The van der Waals surface area contributed by atoms with Crippen molar-refractivity contribution in [3.63, 3.8) is 0 Å². The summed E-state index contributed by atoms with van der Waals surface area (Å²) in [5.41, 5.74) is 3.03. The fourth-order valence-corrected chi connectivity index (χ4v) is 2.31. The highest BCUT2D eigenvalue weighted by Crippen LogP contribution is 2.21. The van der Waals surface area contributed by atoms with Crippen LogP contribution in [-0.2, 0) is 13.0 Å². The standard InChI is InChI=1S/C15H19FN2O/c1-3-18-15(8-11(2)17-18)9-13(10-19)12-4-6-14(16)7-5-12/h4-8,13,19H,3,9-10H2,1-2H3. The number of aliphatic hydroxyl groups is 1. The predicted octanol–water partition coefficient (Wildman–Crippen LogP) is 2.67. The molecule has 0 fully saturated rings. The Bertz CT molecular complexity index is 534. The van der Waals surface area contributed by atoms with Gasteiger partial charge in [-0.05, 0) is 44.0 Å². The maximum absolute atomic E-state index is 12.9. The summed E-state index contributed by atoms with van der Waals surface area (Å²) in [5, 5.41) is 14.0. The summed E-state index contributed by atoms with van der Waals surface area (Å²) in [7, 11) is 0. The van der Waals surface area contributed by atoms with Crippen LogP contribution in [0.5, 0.6) is 0 Å². The molecule has 1 aromatic carbocycles. The average molecular weight is 262 g/mol. The van der Waals surface area contributed by atoms with Gasteiger partial charge in [0.1, 0.15) is 5.82 Å². The highest BCUT2D eigenvalue weighted by Gasteiger charge is 2.14. The summed E-state index contributed by atoms with van der Waals surface area (Å²) < 4.78 is 14.9. The molecule has 2 aromatic rings. The molecule has 1 aromatic heterocycles. The zero-order valence-electron chi connectivity index (χ0n) is 11.3. The molecule has 1 heterocycles. The molecule has 0 aliphatic carbocycles. The molecule has 0 amide bonds. The van der Waals surface area contributed by atoms with Crippen LogP contribution >= 0.6 is 0 Å². The van der Waals surface area contributed by atoms with Crippen molar-refractivity contribution in [2.24, 2.45) is 0 Å². The highest BCUT2D eigenvalue weighted by molar-refractivity contribution is 5.23. The van der Waals surface area contributed by atoms with E-state index in [1.54, 1.807) is 12.1 Å². The lowest BCUT2D eigenvalue weighted by atomic mass is 9.95. The van der Waals surface area contributed by atoms with Crippen LogP contribution < -0.4 is 0 Å². The van der Waals surface area contributed by atoms with Crippen LogP contribution in [0.15, 0.2) is 30.3 Å². The number of rotatable bonds is 5. The molecular formula is C15H19FN2O. The number of aliphatic hydroxyl groups excluding tert-OH is 1. The second-order valence-electron chi connectivity index (χ2n) is 4.73. The van der Waals surface area contributed by atoms with Gasteiger partial charge in [0.05, 0.1) is 12.3 Å². The molecule has 19 heavy (non-hydrogen) atoms. The summed E-state index contributed by atoms with van der Waals surface area (Å²) in [6.07, 6.45) is 0.705. The molecule has 3 nitrogen and oxygen atoms in total. The molecule has 1 N–H and O–H groups in total. The number of halogens is 1. The van der Waals surface area contributed by atoms with Crippen LogP contribution in [-0.4, -0.2) is 21.5 Å². The Morgan fingerprint density at radius 2 is 2.00 bits per heavy atom. The first-order chi connectivity index (χ1) is 9.13. The lowest BCUT2D eigenvalue weighted by molar-refractivity contribution is 0.262. The van der Waals surface area contributed by atoms with Gasteiger partial charge in [0.15, 0.2) is 0 Å². The summed E-state index contributed by atoms with van der Waals surface area (Å²) in [5.74, 6) is -0.281. The Kier molecular flexibility index (Phi) is 4.32. The number of benzene rings is 1. The average Bonchev–Trinajstić information content (AvgIpc) is 2.77. The fourth-order valence-electron chi connectivity index (χ4n) is 2.31. The van der Waals surface area contributed by atoms with E-state index in [2.05, 4.69) is 5.10 Å². The first-order valence-electron chi connectivity index (χ1n) is 6.53. The van der Waals surface area contributed by atoms with Crippen LogP contribution in [0.2, 0.25) is 0 Å². The third kappa shape index (κ3) is 3.20. The Hall–Kier alpha value is -1.68. The lowest BCUT2D eigenvalue weighted by Gasteiger charge is -2.15. The smallest absolute Gasteiger partial charge is 0.123 e. The van der Waals surface area contributed by atoms with Gasteiger partial charge >= 0.3 is 0 Å².